The van der Waals surface area contributed by atoms with E-state index < -0.39 is 0 Å². The highest BCUT2D eigenvalue weighted by atomic mass is 16.3. The van der Waals surface area contributed by atoms with Gasteiger partial charge in [-0.1, -0.05) is 19.8 Å². The van der Waals surface area contributed by atoms with Crippen molar-refractivity contribution in [2.45, 2.75) is 51.5 Å². The van der Waals surface area contributed by atoms with Crippen molar-refractivity contribution < 1.29 is 4.42 Å². The van der Waals surface area contributed by atoms with Crippen molar-refractivity contribution in [1.82, 2.24) is 5.32 Å². The zero-order valence-electron chi connectivity index (χ0n) is 10.7. The zero-order chi connectivity index (χ0) is 11.7. The quantitative estimate of drug-likeness (QED) is 0.861. The molecule has 0 amide bonds. The van der Waals surface area contributed by atoms with Crippen LogP contribution in [0, 0.1) is 11.8 Å². The van der Waals surface area contributed by atoms with Crippen LogP contribution < -0.4 is 5.32 Å². The third kappa shape index (κ3) is 2.28. The highest BCUT2D eigenvalue weighted by Gasteiger charge is 2.26. The van der Waals surface area contributed by atoms with Crippen molar-refractivity contribution in [3.05, 3.63) is 23.7 Å². The molecule has 3 rings (SSSR count). The molecule has 0 radical (unpaired) electrons. The number of aryl methyl sites for hydroxylation is 1. The molecular weight excluding hydrogens is 210 g/mol. The van der Waals surface area contributed by atoms with Crippen LogP contribution in [0.2, 0.25) is 0 Å². The molecule has 2 aliphatic rings. The molecule has 2 aliphatic carbocycles. The minimum atomic E-state index is 0.547. The van der Waals surface area contributed by atoms with Gasteiger partial charge in [-0.2, -0.15) is 0 Å². The summed E-state index contributed by atoms with van der Waals surface area (Å²) in [7, 11) is 0. The highest BCUT2D eigenvalue weighted by molar-refractivity contribution is 5.24. The first-order valence-corrected chi connectivity index (χ1v) is 7.14. The topological polar surface area (TPSA) is 25.2 Å². The van der Waals surface area contributed by atoms with E-state index in [1.165, 1.54) is 50.0 Å². The van der Waals surface area contributed by atoms with Gasteiger partial charge < -0.3 is 9.73 Å². The fourth-order valence-corrected chi connectivity index (χ4v) is 3.52. The van der Waals surface area contributed by atoms with Crippen molar-refractivity contribution in [3.63, 3.8) is 0 Å². The largest absolute Gasteiger partial charge is 0.469 e. The molecule has 2 nitrogen and oxygen atoms in total. The van der Waals surface area contributed by atoms with Gasteiger partial charge in [0, 0.05) is 18.0 Å². The standard InChI is InChI=1S/C15H23NO/c1-11-4-2-5-12(11)10-16-14-6-3-7-15-13(14)8-9-17-15/h8-9,11-12,14,16H,2-7,10H2,1H3. The van der Waals surface area contributed by atoms with Crippen LogP contribution in [0.3, 0.4) is 0 Å². The Bertz CT molecular complexity index is 371. The summed E-state index contributed by atoms with van der Waals surface area (Å²) in [6.07, 6.45) is 9.78. The van der Waals surface area contributed by atoms with Crippen LogP contribution in [0.5, 0.6) is 0 Å². The Morgan fingerprint density at radius 3 is 3.06 bits per heavy atom. The molecule has 1 aromatic rings. The second-order valence-corrected chi connectivity index (χ2v) is 5.82. The molecular formula is C15H23NO. The molecule has 1 aromatic heterocycles. The van der Waals surface area contributed by atoms with Crippen LogP contribution in [-0.2, 0) is 6.42 Å². The molecule has 0 bridgehead atoms. The van der Waals surface area contributed by atoms with E-state index in [2.05, 4.69) is 18.3 Å². The molecule has 94 valence electrons. The number of nitrogens with one attached hydrogen (secondary N) is 1. The maximum absolute atomic E-state index is 5.54. The van der Waals surface area contributed by atoms with Gasteiger partial charge in [0.25, 0.3) is 0 Å². The number of hydrogen-bond donors (Lipinski definition) is 1. The Hall–Kier alpha value is -0.760. The second kappa shape index (κ2) is 4.85. The lowest BCUT2D eigenvalue weighted by Crippen LogP contribution is -2.30. The second-order valence-electron chi connectivity index (χ2n) is 5.82. The third-order valence-corrected chi connectivity index (χ3v) is 4.72. The maximum Gasteiger partial charge on any atom is 0.108 e. The SMILES string of the molecule is CC1CCCC1CNC1CCCc2occc21. The van der Waals surface area contributed by atoms with E-state index in [1.54, 1.807) is 0 Å². The van der Waals surface area contributed by atoms with Gasteiger partial charge >= 0.3 is 0 Å². The van der Waals surface area contributed by atoms with Crippen molar-refractivity contribution in [3.8, 4) is 0 Å². The molecule has 3 atom stereocenters. The summed E-state index contributed by atoms with van der Waals surface area (Å²) >= 11 is 0. The van der Waals surface area contributed by atoms with Crippen molar-refractivity contribution in [1.29, 1.82) is 0 Å². The van der Waals surface area contributed by atoms with Gasteiger partial charge in [-0.15, -0.1) is 0 Å². The Kier molecular flexibility index (Phi) is 3.24. The van der Waals surface area contributed by atoms with Crippen molar-refractivity contribution in [2.24, 2.45) is 11.8 Å². The first-order chi connectivity index (χ1) is 8.34. The molecule has 0 aromatic carbocycles. The van der Waals surface area contributed by atoms with E-state index in [1.807, 2.05) is 6.26 Å². The smallest absolute Gasteiger partial charge is 0.108 e. The predicted molar refractivity (Wildman–Crippen MR) is 68.9 cm³/mol. The van der Waals surface area contributed by atoms with Gasteiger partial charge in [0.05, 0.1) is 6.26 Å². The van der Waals surface area contributed by atoms with Gasteiger partial charge in [0.15, 0.2) is 0 Å². The molecule has 1 fully saturated rings. The molecule has 0 saturated heterocycles. The maximum atomic E-state index is 5.54. The Morgan fingerprint density at radius 1 is 1.29 bits per heavy atom. The minimum absolute atomic E-state index is 0.547. The van der Waals surface area contributed by atoms with Crippen LogP contribution in [-0.4, -0.2) is 6.54 Å². The summed E-state index contributed by atoms with van der Waals surface area (Å²) in [5.74, 6) is 3.02. The van der Waals surface area contributed by atoms with Gasteiger partial charge in [0.1, 0.15) is 5.76 Å². The number of furan rings is 1. The Morgan fingerprint density at radius 2 is 2.24 bits per heavy atom. The Balaban J connectivity index is 1.60. The first kappa shape index (κ1) is 11.3. The number of rotatable bonds is 3. The minimum Gasteiger partial charge on any atom is -0.469 e. The molecule has 1 N–H and O–H groups in total. The van der Waals surface area contributed by atoms with E-state index in [0.717, 1.165) is 18.3 Å². The summed E-state index contributed by atoms with van der Waals surface area (Å²) in [5.41, 5.74) is 1.42. The fraction of sp³-hybridized carbons (Fsp3) is 0.733. The lowest BCUT2D eigenvalue weighted by Gasteiger charge is -2.25. The van der Waals surface area contributed by atoms with Crippen LogP contribution in [0.1, 0.15) is 56.4 Å². The monoisotopic (exact) mass is 233 g/mol. The van der Waals surface area contributed by atoms with Gasteiger partial charge in [0.2, 0.25) is 0 Å². The lowest BCUT2D eigenvalue weighted by atomic mass is 9.92. The Labute approximate surface area is 104 Å². The van der Waals surface area contributed by atoms with Gasteiger partial charge in [-0.05, 0) is 43.7 Å². The summed E-state index contributed by atoms with van der Waals surface area (Å²) in [6.45, 7) is 3.60. The fourth-order valence-electron chi connectivity index (χ4n) is 3.52. The highest BCUT2D eigenvalue weighted by Crippen LogP contribution is 2.33. The average Bonchev–Trinajstić information content (AvgIpc) is 2.95. The summed E-state index contributed by atoms with van der Waals surface area (Å²) < 4.78 is 5.54. The normalized spacial score (nSPS) is 32.6. The summed E-state index contributed by atoms with van der Waals surface area (Å²) in [4.78, 5) is 0. The average molecular weight is 233 g/mol. The lowest BCUT2D eigenvalue weighted by molar-refractivity contribution is 0.344. The molecule has 0 aliphatic heterocycles. The van der Waals surface area contributed by atoms with E-state index in [-0.39, 0.29) is 0 Å². The molecule has 0 spiro atoms. The van der Waals surface area contributed by atoms with E-state index >= 15 is 0 Å². The van der Waals surface area contributed by atoms with E-state index in [4.69, 9.17) is 4.42 Å². The predicted octanol–water partition coefficient (Wildman–Crippen LogP) is 3.68. The van der Waals surface area contributed by atoms with E-state index in [0.29, 0.717) is 6.04 Å². The third-order valence-electron chi connectivity index (χ3n) is 4.72. The van der Waals surface area contributed by atoms with E-state index in [9.17, 15) is 0 Å². The molecule has 17 heavy (non-hydrogen) atoms. The van der Waals surface area contributed by atoms with Gasteiger partial charge in [-0.25, -0.2) is 0 Å². The summed E-state index contributed by atoms with van der Waals surface area (Å²) in [5, 5.41) is 3.78. The molecule has 2 heteroatoms. The van der Waals surface area contributed by atoms with Crippen LogP contribution in [0.15, 0.2) is 16.7 Å². The zero-order valence-corrected chi connectivity index (χ0v) is 10.7. The first-order valence-electron chi connectivity index (χ1n) is 7.14. The van der Waals surface area contributed by atoms with Crippen LogP contribution >= 0.6 is 0 Å². The van der Waals surface area contributed by atoms with Crippen LogP contribution in [0.25, 0.3) is 0 Å². The molecule has 1 saturated carbocycles. The molecule has 1 heterocycles. The van der Waals surface area contributed by atoms with Gasteiger partial charge in [-0.3, -0.25) is 0 Å². The van der Waals surface area contributed by atoms with Crippen molar-refractivity contribution >= 4 is 0 Å². The number of fused-ring (bicyclic) bond motifs is 1. The summed E-state index contributed by atoms with van der Waals surface area (Å²) in [6, 6.07) is 2.70. The number of hydrogen-bond acceptors (Lipinski definition) is 2. The molecule has 3 unspecified atom stereocenters. The van der Waals surface area contributed by atoms with Crippen LogP contribution in [0.4, 0.5) is 0 Å². The van der Waals surface area contributed by atoms with Crippen molar-refractivity contribution in [2.75, 3.05) is 6.54 Å².